The molecule has 1 N–H and O–H groups in total. The molecule has 84 valence electrons. The van der Waals surface area contributed by atoms with E-state index >= 15 is 0 Å². The van der Waals surface area contributed by atoms with Gasteiger partial charge in [0.2, 0.25) is 0 Å². The lowest BCUT2D eigenvalue weighted by Crippen LogP contribution is -2.62. The van der Waals surface area contributed by atoms with Crippen LogP contribution in [0.4, 0.5) is 0 Å². The largest absolute Gasteiger partial charge is 0.311 e. The Labute approximate surface area is 89.1 Å². The molecule has 1 fully saturated rings. The van der Waals surface area contributed by atoms with E-state index in [0.29, 0.717) is 11.6 Å². The smallest absolute Gasteiger partial charge is 0.0306 e. The molecule has 1 saturated heterocycles. The maximum Gasteiger partial charge on any atom is 0.0306 e. The second-order valence-electron chi connectivity index (χ2n) is 4.97. The van der Waals surface area contributed by atoms with Crippen molar-refractivity contribution in [3.8, 4) is 0 Å². The minimum Gasteiger partial charge on any atom is -0.311 e. The van der Waals surface area contributed by atoms with Crippen LogP contribution in [0.5, 0.6) is 0 Å². The van der Waals surface area contributed by atoms with Crippen molar-refractivity contribution < 1.29 is 0 Å². The van der Waals surface area contributed by atoms with E-state index < -0.39 is 0 Å². The predicted molar refractivity (Wildman–Crippen MR) is 62.6 cm³/mol. The molecular weight excluding hydrogens is 172 g/mol. The van der Waals surface area contributed by atoms with Crippen molar-refractivity contribution in [2.45, 2.75) is 58.5 Å². The Morgan fingerprint density at radius 2 is 2.07 bits per heavy atom. The van der Waals surface area contributed by atoms with E-state index in [9.17, 15) is 0 Å². The summed E-state index contributed by atoms with van der Waals surface area (Å²) < 4.78 is 0. The number of rotatable bonds is 4. The van der Waals surface area contributed by atoms with Gasteiger partial charge in [0.1, 0.15) is 0 Å². The van der Waals surface area contributed by atoms with Crippen LogP contribution in [0.1, 0.15) is 47.0 Å². The zero-order valence-electron chi connectivity index (χ0n) is 10.3. The highest BCUT2D eigenvalue weighted by Gasteiger charge is 2.34. The number of nitrogens with one attached hydrogen (secondary N) is 1. The molecule has 1 aliphatic heterocycles. The first-order chi connectivity index (χ1) is 6.62. The fourth-order valence-electron chi connectivity index (χ4n) is 2.54. The van der Waals surface area contributed by atoms with E-state index in [-0.39, 0.29) is 0 Å². The molecule has 14 heavy (non-hydrogen) atoms. The quantitative estimate of drug-likeness (QED) is 0.745. The Kier molecular flexibility index (Phi) is 4.39. The van der Waals surface area contributed by atoms with Gasteiger partial charge >= 0.3 is 0 Å². The highest BCUT2D eigenvalue weighted by molar-refractivity contribution is 4.94. The summed E-state index contributed by atoms with van der Waals surface area (Å²) in [6.07, 6.45) is 3.87. The Balaban J connectivity index is 2.60. The molecule has 1 heterocycles. The molecule has 2 heteroatoms. The van der Waals surface area contributed by atoms with Crippen molar-refractivity contribution in [2.24, 2.45) is 0 Å². The highest BCUT2D eigenvalue weighted by Crippen LogP contribution is 2.24. The van der Waals surface area contributed by atoms with E-state index in [1.54, 1.807) is 0 Å². The third-order valence-corrected chi connectivity index (χ3v) is 3.37. The predicted octanol–water partition coefficient (Wildman–Crippen LogP) is 2.25. The monoisotopic (exact) mass is 198 g/mol. The average molecular weight is 198 g/mol. The van der Waals surface area contributed by atoms with Crippen molar-refractivity contribution in [1.29, 1.82) is 0 Å². The molecule has 0 aromatic rings. The average Bonchev–Trinajstić information content (AvgIpc) is 2.13. The summed E-state index contributed by atoms with van der Waals surface area (Å²) in [7, 11) is 0. The lowest BCUT2D eigenvalue weighted by atomic mass is 9.90. The summed E-state index contributed by atoms with van der Waals surface area (Å²) in [5, 5.41) is 3.60. The van der Waals surface area contributed by atoms with Gasteiger partial charge in [-0.15, -0.1) is 0 Å². The lowest BCUT2D eigenvalue weighted by Gasteiger charge is -2.47. The highest BCUT2D eigenvalue weighted by atomic mass is 15.3. The van der Waals surface area contributed by atoms with E-state index in [0.717, 1.165) is 6.54 Å². The van der Waals surface area contributed by atoms with Crippen LogP contribution in [0.15, 0.2) is 0 Å². The zero-order chi connectivity index (χ0) is 10.6. The lowest BCUT2D eigenvalue weighted by molar-refractivity contribution is 0.0485. The van der Waals surface area contributed by atoms with Crippen LogP contribution in [0.2, 0.25) is 0 Å². The van der Waals surface area contributed by atoms with E-state index in [1.165, 1.54) is 32.4 Å². The maximum absolute atomic E-state index is 3.60. The molecule has 0 radical (unpaired) electrons. The molecule has 0 amide bonds. The fraction of sp³-hybridized carbons (Fsp3) is 1.00. The van der Waals surface area contributed by atoms with Crippen LogP contribution in [-0.2, 0) is 0 Å². The second kappa shape index (κ2) is 5.13. The van der Waals surface area contributed by atoms with Gasteiger partial charge in [0.05, 0.1) is 0 Å². The first kappa shape index (κ1) is 12.0. The van der Waals surface area contributed by atoms with E-state index in [1.807, 2.05) is 0 Å². The Morgan fingerprint density at radius 1 is 1.36 bits per heavy atom. The van der Waals surface area contributed by atoms with E-state index in [4.69, 9.17) is 0 Å². The van der Waals surface area contributed by atoms with Crippen molar-refractivity contribution >= 4 is 0 Å². The van der Waals surface area contributed by atoms with Crippen LogP contribution < -0.4 is 5.32 Å². The van der Waals surface area contributed by atoms with Crippen molar-refractivity contribution in [3.63, 3.8) is 0 Å². The van der Waals surface area contributed by atoms with Crippen molar-refractivity contribution in [3.05, 3.63) is 0 Å². The fourth-order valence-corrected chi connectivity index (χ4v) is 2.54. The molecule has 1 rings (SSSR count). The van der Waals surface area contributed by atoms with E-state index in [2.05, 4.69) is 37.9 Å². The normalized spacial score (nSPS) is 34.7. The standard InChI is InChI=1S/C12H26N2/c1-5-7-12(4)10-13-11(3)9-14(12)8-6-2/h11,13H,5-10H2,1-4H3/t11-,12-/m1/s1. The summed E-state index contributed by atoms with van der Waals surface area (Å²) >= 11 is 0. The summed E-state index contributed by atoms with van der Waals surface area (Å²) in [6.45, 7) is 12.9. The molecule has 0 saturated carbocycles. The second-order valence-corrected chi connectivity index (χ2v) is 4.97. The molecular formula is C12H26N2. The molecule has 0 bridgehead atoms. The first-order valence-electron chi connectivity index (χ1n) is 6.11. The number of hydrogen-bond acceptors (Lipinski definition) is 2. The molecule has 2 nitrogen and oxygen atoms in total. The van der Waals surface area contributed by atoms with Crippen LogP contribution >= 0.6 is 0 Å². The molecule has 0 aromatic heterocycles. The third-order valence-electron chi connectivity index (χ3n) is 3.37. The summed E-state index contributed by atoms with van der Waals surface area (Å²) in [5.74, 6) is 0. The van der Waals surface area contributed by atoms with Crippen LogP contribution in [0.3, 0.4) is 0 Å². The van der Waals surface area contributed by atoms with Gasteiger partial charge in [-0.05, 0) is 33.2 Å². The Morgan fingerprint density at radius 3 is 2.64 bits per heavy atom. The van der Waals surface area contributed by atoms with Gasteiger partial charge in [-0.2, -0.15) is 0 Å². The Bertz CT molecular complexity index is 170. The van der Waals surface area contributed by atoms with Gasteiger partial charge in [0, 0.05) is 24.7 Å². The molecule has 0 unspecified atom stereocenters. The third kappa shape index (κ3) is 2.71. The minimum atomic E-state index is 0.400. The van der Waals surface area contributed by atoms with Gasteiger partial charge in [-0.3, -0.25) is 4.90 Å². The minimum absolute atomic E-state index is 0.400. The molecule has 0 aliphatic carbocycles. The van der Waals surface area contributed by atoms with Crippen molar-refractivity contribution in [1.82, 2.24) is 10.2 Å². The van der Waals surface area contributed by atoms with Gasteiger partial charge in [0.15, 0.2) is 0 Å². The molecule has 2 atom stereocenters. The molecule has 0 aromatic carbocycles. The summed E-state index contributed by atoms with van der Waals surface area (Å²) in [4.78, 5) is 2.68. The number of piperazine rings is 1. The maximum atomic E-state index is 3.60. The van der Waals surface area contributed by atoms with Gasteiger partial charge < -0.3 is 5.32 Å². The Hall–Kier alpha value is -0.0800. The number of nitrogens with zero attached hydrogens (tertiary/aromatic N) is 1. The van der Waals surface area contributed by atoms with Gasteiger partial charge in [-0.1, -0.05) is 20.3 Å². The summed E-state index contributed by atoms with van der Waals surface area (Å²) in [6, 6.07) is 0.659. The van der Waals surface area contributed by atoms with Crippen LogP contribution in [0, 0.1) is 0 Å². The van der Waals surface area contributed by atoms with Gasteiger partial charge in [0.25, 0.3) is 0 Å². The van der Waals surface area contributed by atoms with Gasteiger partial charge in [-0.25, -0.2) is 0 Å². The topological polar surface area (TPSA) is 15.3 Å². The SMILES string of the molecule is CCCN1C[C@@H](C)NC[C@@]1(C)CCC. The van der Waals surface area contributed by atoms with Crippen LogP contribution in [0.25, 0.3) is 0 Å². The summed E-state index contributed by atoms with van der Waals surface area (Å²) in [5.41, 5.74) is 0.400. The molecule has 0 spiro atoms. The first-order valence-corrected chi connectivity index (χ1v) is 6.11. The number of hydrogen-bond donors (Lipinski definition) is 1. The molecule has 1 aliphatic rings. The van der Waals surface area contributed by atoms with Crippen molar-refractivity contribution in [2.75, 3.05) is 19.6 Å². The zero-order valence-corrected chi connectivity index (χ0v) is 10.3. The van der Waals surface area contributed by atoms with Crippen LogP contribution in [-0.4, -0.2) is 36.1 Å².